The number of fused-ring (bicyclic) bond motifs is 3. The van der Waals surface area contributed by atoms with Gasteiger partial charge < -0.3 is 4.74 Å². The first-order chi connectivity index (χ1) is 18.4. The van der Waals surface area contributed by atoms with Crippen LogP contribution in [0.15, 0.2) is 109 Å². The van der Waals surface area contributed by atoms with Crippen LogP contribution in [0.1, 0.15) is 56.2 Å². The molecule has 6 rings (SSSR count). The minimum atomic E-state index is -0.252. The summed E-state index contributed by atoms with van der Waals surface area (Å²) in [5.74, 6) is 0.607. The maximum absolute atomic E-state index is 13.4. The Kier molecular flexibility index (Phi) is 6.22. The highest BCUT2D eigenvalue weighted by Crippen LogP contribution is 2.71. The predicted octanol–water partition coefficient (Wildman–Crippen LogP) is 8.67. The third-order valence-corrected chi connectivity index (χ3v) is 9.95. The molecule has 0 saturated heterocycles. The molecule has 2 saturated carbocycles. The van der Waals surface area contributed by atoms with E-state index in [0.29, 0.717) is 5.92 Å². The molecule has 4 atom stereocenters. The second kappa shape index (κ2) is 9.58. The van der Waals surface area contributed by atoms with Gasteiger partial charge in [-0.25, -0.2) is 4.79 Å². The first kappa shape index (κ1) is 24.7. The molecule has 0 aliphatic heterocycles. The summed E-state index contributed by atoms with van der Waals surface area (Å²) in [7, 11) is 0. The summed E-state index contributed by atoms with van der Waals surface area (Å²) in [6.45, 7) is 7.14. The Morgan fingerprint density at radius 3 is 2.08 bits per heavy atom. The minimum absolute atomic E-state index is 0.0728. The van der Waals surface area contributed by atoms with Crippen molar-refractivity contribution in [1.29, 1.82) is 0 Å². The van der Waals surface area contributed by atoms with Crippen LogP contribution >= 0.6 is 0 Å². The number of hydrogen-bond acceptors (Lipinski definition) is 2. The highest BCUT2D eigenvalue weighted by atomic mass is 16.5. The Morgan fingerprint density at radius 1 is 0.816 bits per heavy atom. The number of benzene rings is 4. The van der Waals surface area contributed by atoms with Crippen molar-refractivity contribution in [3.05, 3.63) is 126 Å². The summed E-state index contributed by atoms with van der Waals surface area (Å²) in [6, 6.07) is 36.1. The van der Waals surface area contributed by atoms with E-state index in [-0.39, 0.29) is 34.7 Å². The van der Waals surface area contributed by atoms with Crippen molar-refractivity contribution < 1.29 is 9.53 Å². The molecule has 2 aliphatic rings. The van der Waals surface area contributed by atoms with Crippen molar-refractivity contribution in [2.45, 2.75) is 45.6 Å². The van der Waals surface area contributed by atoms with Crippen LogP contribution in [0.5, 0.6) is 0 Å². The van der Waals surface area contributed by atoms with Crippen molar-refractivity contribution in [3.63, 3.8) is 0 Å². The summed E-state index contributed by atoms with van der Waals surface area (Å²) in [5, 5.41) is 2.36. The van der Waals surface area contributed by atoms with E-state index in [9.17, 15) is 4.79 Å². The van der Waals surface area contributed by atoms with E-state index in [4.69, 9.17) is 4.74 Å². The Labute approximate surface area is 226 Å². The number of carbonyl (C=O) groups is 1. The number of ether oxygens (including phenoxy) is 1. The summed E-state index contributed by atoms with van der Waals surface area (Å²) in [5.41, 5.74) is 3.60. The maximum Gasteiger partial charge on any atom is 0.331 e. The quantitative estimate of drug-likeness (QED) is 0.196. The standard InChI is InChI=1S/C36H36O2/c1-35(2)30-22-23-36(35,3)34(33(30)32(27-13-6-4-7-14-27)28-15-8-5-9-16-28)38-31(37)21-19-25-18-20-26-12-10-11-17-29(26)24-25/h4-21,24,30,32-34H,22-23H2,1-3H3/b21-19+/t30-,33+,34-,36+/m1/s1. The largest absolute Gasteiger partial charge is 0.458 e. The highest BCUT2D eigenvalue weighted by Gasteiger charge is 2.69. The van der Waals surface area contributed by atoms with Crippen LogP contribution in [0.3, 0.4) is 0 Å². The van der Waals surface area contributed by atoms with Gasteiger partial charge in [-0.15, -0.1) is 0 Å². The van der Waals surface area contributed by atoms with Gasteiger partial charge in [0.05, 0.1) is 0 Å². The molecule has 0 N–H and O–H groups in total. The molecule has 2 nitrogen and oxygen atoms in total. The van der Waals surface area contributed by atoms with Crippen LogP contribution in [0, 0.1) is 22.7 Å². The van der Waals surface area contributed by atoms with Crippen LogP contribution in [0.2, 0.25) is 0 Å². The maximum atomic E-state index is 13.4. The zero-order chi connectivity index (χ0) is 26.3. The molecule has 0 unspecified atom stereocenters. The second-order valence-electron chi connectivity index (χ2n) is 12.0. The van der Waals surface area contributed by atoms with Crippen molar-refractivity contribution in [1.82, 2.24) is 0 Å². The van der Waals surface area contributed by atoms with E-state index in [0.717, 1.165) is 12.0 Å². The van der Waals surface area contributed by atoms with Gasteiger partial charge >= 0.3 is 5.97 Å². The molecule has 0 radical (unpaired) electrons. The number of rotatable bonds is 6. The van der Waals surface area contributed by atoms with Gasteiger partial charge in [0.25, 0.3) is 0 Å². The highest BCUT2D eigenvalue weighted by molar-refractivity contribution is 5.89. The Balaban J connectivity index is 1.34. The molecule has 2 bridgehead atoms. The lowest BCUT2D eigenvalue weighted by Crippen LogP contribution is -2.42. The Morgan fingerprint density at radius 2 is 1.42 bits per heavy atom. The Bertz CT molecular complexity index is 1430. The number of carbonyl (C=O) groups excluding carboxylic acids is 1. The van der Waals surface area contributed by atoms with Gasteiger partial charge in [0.1, 0.15) is 6.10 Å². The fourth-order valence-electron chi connectivity index (χ4n) is 7.59. The lowest BCUT2D eigenvalue weighted by molar-refractivity contribution is -0.154. The normalized spacial score (nSPS) is 25.8. The van der Waals surface area contributed by atoms with Crippen LogP contribution in [0.4, 0.5) is 0 Å². The van der Waals surface area contributed by atoms with Crippen LogP contribution in [-0.2, 0) is 9.53 Å². The fourth-order valence-corrected chi connectivity index (χ4v) is 7.59. The van der Waals surface area contributed by atoms with Crippen LogP contribution in [-0.4, -0.2) is 12.1 Å². The van der Waals surface area contributed by atoms with Gasteiger partial charge in [-0.1, -0.05) is 118 Å². The van der Waals surface area contributed by atoms with Crippen LogP contribution < -0.4 is 0 Å². The molecule has 192 valence electrons. The van der Waals surface area contributed by atoms with E-state index in [1.807, 2.05) is 18.2 Å². The average molecular weight is 501 g/mol. The first-order valence-corrected chi connectivity index (χ1v) is 13.9. The van der Waals surface area contributed by atoms with Crippen molar-refractivity contribution in [3.8, 4) is 0 Å². The molecular weight excluding hydrogens is 464 g/mol. The molecule has 0 heterocycles. The Hall–Kier alpha value is -3.65. The van der Waals surface area contributed by atoms with Gasteiger partial charge in [-0.2, -0.15) is 0 Å². The first-order valence-electron chi connectivity index (χ1n) is 13.9. The molecule has 38 heavy (non-hydrogen) atoms. The van der Waals surface area contributed by atoms with Gasteiger partial charge in [0.15, 0.2) is 0 Å². The van der Waals surface area contributed by atoms with E-state index < -0.39 is 0 Å². The monoisotopic (exact) mass is 500 g/mol. The van der Waals surface area contributed by atoms with Gasteiger partial charge in [0, 0.05) is 23.3 Å². The average Bonchev–Trinajstić information content (AvgIpc) is 3.26. The summed E-state index contributed by atoms with van der Waals surface area (Å²) in [6.07, 6.45) is 5.60. The van der Waals surface area contributed by atoms with Crippen molar-refractivity contribution in [2.75, 3.05) is 0 Å². The molecule has 4 aromatic carbocycles. The zero-order valence-corrected chi connectivity index (χ0v) is 22.5. The minimum Gasteiger partial charge on any atom is -0.458 e. The number of hydrogen-bond donors (Lipinski definition) is 0. The van der Waals surface area contributed by atoms with E-state index in [2.05, 4.69) is 112 Å². The smallest absolute Gasteiger partial charge is 0.331 e. The third kappa shape index (κ3) is 4.07. The summed E-state index contributed by atoms with van der Waals surface area (Å²) < 4.78 is 6.50. The molecule has 2 aliphatic carbocycles. The van der Waals surface area contributed by atoms with Gasteiger partial charge in [-0.05, 0) is 63.8 Å². The lowest BCUT2D eigenvalue weighted by Gasteiger charge is -2.41. The molecule has 0 aromatic heterocycles. The summed E-state index contributed by atoms with van der Waals surface area (Å²) >= 11 is 0. The second-order valence-corrected chi connectivity index (χ2v) is 12.0. The van der Waals surface area contributed by atoms with Crippen molar-refractivity contribution >= 4 is 22.8 Å². The predicted molar refractivity (Wildman–Crippen MR) is 156 cm³/mol. The van der Waals surface area contributed by atoms with E-state index in [1.54, 1.807) is 6.08 Å². The SMILES string of the molecule is CC1(C)[C@@H]2CC[C@@]1(C)[C@H](OC(=O)/C=C/c1ccc3ccccc3c1)[C@@H]2C(c1ccccc1)c1ccccc1. The molecule has 0 amide bonds. The molecule has 2 fully saturated rings. The zero-order valence-electron chi connectivity index (χ0n) is 22.5. The molecule has 4 aromatic rings. The van der Waals surface area contributed by atoms with Crippen LogP contribution in [0.25, 0.3) is 16.8 Å². The molecule has 0 spiro atoms. The fraction of sp³-hybridized carbons (Fsp3) is 0.306. The molecule has 2 heteroatoms. The van der Waals surface area contributed by atoms with Crippen molar-refractivity contribution in [2.24, 2.45) is 22.7 Å². The number of esters is 1. The van der Waals surface area contributed by atoms with E-state index >= 15 is 0 Å². The van der Waals surface area contributed by atoms with Gasteiger partial charge in [-0.3, -0.25) is 0 Å². The van der Waals surface area contributed by atoms with E-state index in [1.165, 1.54) is 28.3 Å². The van der Waals surface area contributed by atoms with Gasteiger partial charge in [0.2, 0.25) is 0 Å². The topological polar surface area (TPSA) is 26.3 Å². The summed E-state index contributed by atoms with van der Waals surface area (Å²) in [4.78, 5) is 13.4. The third-order valence-electron chi connectivity index (χ3n) is 9.95. The molecular formula is C36H36O2. The lowest BCUT2D eigenvalue weighted by atomic mass is 9.68.